The van der Waals surface area contributed by atoms with E-state index in [9.17, 15) is 4.79 Å². The van der Waals surface area contributed by atoms with Crippen molar-refractivity contribution in [3.8, 4) is 0 Å². The Morgan fingerprint density at radius 1 is 1.11 bits per heavy atom. The largest absolute Gasteiger partial charge is 0.349 e. The number of nitrogens with zero attached hydrogens (tertiary/aromatic N) is 2. The summed E-state index contributed by atoms with van der Waals surface area (Å²) >= 11 is 6.30. The highest BCUT2D eigenvalue weighted by Gasteiger charge is 2.24. The Hall–Kier alpha value is -2.59. The zero-order valence-corrected chi connectivity index (χ0v) is 16.6. The highest BCUT2D eigenvalue weighted by molar-refractivity contribution is 6.32. The quantitative estimate of drug-likeness (QED) is 0.483. The van der Waals surface area contributed by atoms with Crippen LogP contribution in [0.4, 0.5) is 0 Å². The maximum absolute atomic E-state index is 13.5. The fourth-order valence-corrected chi connectivity index (χ4v) is 4.72. The van der Waals surface area contributed by atoms with Gasteiger partial charge in [0.25, 0.3) is 5.91 Å². The summed E-state index contributed by atoms with van der Waals surface area (Å²) in [7, 11) is 2.00. The van der Waals surface area contributed by atoms with Gasteiger partial charge in [0.1, 0.15) is 5.65 Å². The Morgan fingerprint density at radius 2 is 1.89 bits per heavy atom. The molecule has 0 unspecified atom stereocenters. The number of fused-ring (bicyclic) bond motifs is 4. The van der Waals surface area contributed by atoms with Gasteiger partial charge >= 0.3 is 0 Å². The number of amides is 1. The van der Waals surface area contributed by atoms with Crippen LogP contribution in [0.5, 0.6) is 0 Å². The van der Waals surface area contributed by atoms with Gasteiger partial charge in [-0.2, -0.15) is 0 Å². The van der Waals surface area contributed by atoms with Crippen molar-refractivity contribution in [2.24, 2.45) is 7.05 Å². The molecule has 0 aliphatic heterocycles. The third kappa shape index (κ3) is 2.75. The highest BCUT2D eigenvalue weighted by atomic mass is 35.5. The molecule has 142 valence electrons. The van der Waals surface area contributed by atoms with Crippen LogP contribution in [0.25, 0.3) is 32.8 Å². The molecule has 2 heterocycles. The molecule has 1 aliphatic rings. The third-order valence-corrected chi connectivity index (χ3v) is 6.18. The predicted octanol–water partition coefficient (Wildman–Crippen LogP) is 5.60. The highest BCUT2D eigenvalue weighted by Crippen LogP contribution is 2.35. The van der Waals surface area contributed by atoms with E-state index in [1.807, 2.05) is 37.4 Å². The first-order chi connectivity index (χ1) is 13.6. The Labute approximate surface area is 168 Å². The molecule has 1 N–H and O–H groups in total. The third-order valence-electron chi connectivity index (χ3n) is 5.95. The Balaban J connectivity index is 1.81. The minimum absolute atomic E-state index is 0.0251. The molecule has 28 heavy (non-hydrogen) atoms. The van der Waals surface area contributed by atoms with Crippen LogP contribution in [-0.4, -0.2) is 21.5 Å². The van der Waals surface area contributed by atoms with E-state index in [2.05, 4.69) is 22.0 Å². The van der Waals surface area contributed by atoms with Crippen LogP contribution < -0.4 is 5.32 Å². The summed E-state index contributed by atoms with van der Waals surface area (Å²) in [6, 6.07) is 14.0. The number of halogens is 1. The number of hydrogen-bond acceptors (Lipinski definition) is 2. The Kier molecular flexibility index (Phi) is 4.24. The van der Waals surface area contributed by atoms with Crippen molar-refractivity contribution in [3.05, 3.63) is 53.1 Å². The fourth-order valence-electron chi connectivity index (χ4n) is 4.55. The topological polar surface area (TPSA) is 46.9 Å². The monoisotopic (exact) mass is 391 g/mol. The standard InChI is InChI=1S/C23H22ClN3O/c1-27-19-10-6-5-9-16(19)20-21(23(28)25-15-7-3-2-4-8-15)17-13-14(24)11-12-18(17)26-22(20)27/h5-6,9-13,15H,2-4,7-8H2,1H3,(H,25,28). The summed E-state index contributed by atoms with van der Waals surface area (Å²) in [6.45, 7) is 0. The van der Waals surface area contributed by atoms with Gasteiger partial charge in [-0.25, -0.2) is 4.98 Å². The SMILES string of the molecule is Cn1c2ccccc2c2c(C(=O)NC3CCCCC3)c3cc(Cl)ccc3nc21. The molecule has 0 bridgehead atoms. The van der Waals surface area contributed by atoms with Crippen LogP contribution in [0.1, 0.15) is 42.5 Å². The molecule has 2 aromatic heterocycles. The number of nitrogens with one attached hydrogen (secondary N) is 1. The van der Waals surface area contributed by atoms with Crippen LogP contribution in [0.15, 0.2) is 42.5 Å². The molecule has 2 aromatic carbocycles. The number of aryl methyl sites for hydroxylation is 1. The van der Waals surface area contributed by atoms with E-state index in [0.717, 1.165) is 45.7 Å². The summed E-state index contributed by atoms with van der Waals surface area (Å²) in [5.41, 5.74) is 3.37. The van der Waals surface area contributed by atoms with Gasteiger partial charge in [-0.05, 0) is 37.1 Å². The smallest absolute Gasteiger partial charge is 0.252 e. The van der Waals surface area contributed by atoms with E-state index in [0.29, 0.717) is 10.6 Å². The molecule has 1 aliphatic carbocycles. The van der Waals surface area contributed by atoms with Crippen LogP contribution in [0, 0.1) is 0 Å². The van der Waals surface area contributed by atoms with Gasteiger partial charge in [0.15, 0.2) is 0 Å². The van der Waals surface area contributed by atoms with E-state index < -0.39 is 0 Å². The van der Waals surface area contributed by atoms with E-state index >= 15 is 0 Å². The first-order valence-electron chi connectivity index (χ1n) is 9.91. The van der Waals surface area contributed by atoms with Gasteiger partial charge < -0.3 is 9.88 Å². The molecule has 4 aromatic rings. The van der Waals surface area contributed by atoms with Crippen molar-refractivity contribution < 1.29 is 4.79 Å². The number of aromatic nitrogens is 2. The van der Waals surface area contributed by atoms with Crippen LogP contribution in [0.3, 0.4) is 0 Å². The van der Waals surface area contributed by atoms with E-state index in [1.54, 1.807) is 0 Å². The Morgan fingerprint density at radius 3 is 2.71 bits per heavy atom. The minimum Gasteiger partial charge on any atom is -0.349 e. The summed E-state index contributed by atoms with van der Waals surface area (Å²) < 4.78 is 2.07. The predicted molar refractivity (Wildman–Crippen MR) is 115 cm³/mol. The summed E-state index contributed by atoms with van der Waals surface area (Å²) in [6.07, 6.45) is 5.71. The summed E-state index contributed by atoms with van der Waals surface area (Å²) in [5.74, 6) is -0.0251. The number of hydrogen-bond donors (Lipinski definition) is 1. The lowest BCUT2D eigenvalue weighted by molar-refractivity contribution is 0.0931. The summed E-state index contributed by atoms with van der Waals surface area (Å²) in [4.78, 5) is 18.4. The average Bonchev–Trinajstić information content (AvgIpc) is 2.99. The molecule has 0 radical (unpaired) electrons. The lowest BCUT2D eigenvalue weighted by Gasteiger charge is -2.23. The van der Waals surface area contributed by atoms with Gasteiger partial charge in [-0.15, -0.1) is 0 Å². The molecule has 1 amide bonds. The van der Waals surface area contributed by atoms with Gasteiger partial charge in [0.2, 0.25) is 0 Å². The first kappa shape index (κ1) is 17.5. The molecular weight excluding hydrogens is 370 g/mol. The summed E-state index contributed by atoms with van der Waals surface area (Å²) in [5, 5.41) is 6.66. The molecular formula is C23H22ClN3O. The molecule has 5 heteroatoms. The number of benzene rings is 2. The second kappa shape index (κ2) is 6.78. The van der Waals surface area contributed by atoms with Gasteiger partial charge in [0, 0.05) is 34.3 Å². The van der Waals surface area contributed by atoms with Crippen molar-refractivity contribution in [1.29, 1.82) is 0 Å². The van der Waals surface area contributed by atoms with Crippen molar-refractivity contribution in [2.45, 2.75) is 38.1 Å². The zero-order chi connectivity index (χ0) is 19.3. The van der Waals surface area contributed by atoms with E-state index in [-0.39, 0.29) is 11.9 Å². The normalized spacial score (nSPS) is 15.5. The number of carbonyl (C=O) groups is 1. The number of para-hydroxylation sites is 1. The van der Waals surface area contributed by atoms with Gasteiger partial charge in [-0.1, -0.05) is 49.1 Å². The van der Waals surface area contributed by atoms with Crippen LogP contribution in [0.2, 0.25) is 5.02 Å². The molecule has 0 spiro atoms. The fraction of sp³-hybridized carbons (Fsp3) is 0.304. The lowest BCUT2D eigenvalue weighted by atomic mass is 9.94. The van der Waals surface area contributed by atoms with E-state index in [1.165, 1.54) is 19.3 Å². The average molecular weight is 392 g/mol. The van der Waals surface area contributed by atoms with Crippen molar-refractivity contribution >= 4 is 50.3 Å². The molecule has 1 fully saturated rings. The van der Waals surface area contributed by atoms with Crippen molar-refractivity contribution in [1.82, 2.24) is 14.9 Å². The zero-order valence-electron chi connectivity index (χ0n) is 15.8. The van der Waals surface area contributed by atoms with E-state index in [4.69, 9.17) is 16.6 Å². The maximum atomic E-state index is 13.5. The first-order valence-corrected chi connectivity index (χ1v) is 10.3. The van der Waals surface area contributed by atoms with Gasteiger partial charge in [-0.3, -0.25) is 4.79 Å². The number of rotatable bonds is 2. The molecule has 4 nitrogen and oxygen atoms in total. The lowest BCUT2D eigenvalue weighted by Crippen LogP contribution is -2.36. The number of pyridine rings is 1. The molecule has 1 saturated carbocycles. The second-order valence-electron chi connectivity index (χ2n) is 7.73. The molecule has 0 atom stereocenters. The second-order valence-corrected chi connectivity index (χ2v) is 8.17. The molecule has 0 saturated heterocycles. The minimum atomic E-state index is -0.0251. The molecule has 5 rings (SSSR count). The van der Waals surface area contributed by atoms with Crippen LogP contribution in [-0.2, 0) is 7.05 Å². The van der Waals surface area contributed by atoms with Crippen molar-refractivity contribution in [3.63, 3.8) is 0 Å². The van der Waals surface area contributed by atoms with Gasteiger partial charge in [0.05, 0.1) is 16.6 Å². The van der Waals surface area contributed by atoms with Crippen molar-refractivity contribution in [2.75, 3.05) is 0 Å². The Bertz CT molecular complexity index is 1220. The number of carbonyl (C=O) groups excluding carboxylic acids is 1. The van der Waals surface area contributed by atoms with Crippen LogP contribution >= 0.6 is 11.6 Å². The maximum Gasteiger partial charge on any atom is 0.252 e.